The maximum Gasteiger partial charge on any atom is 0.270 e. The maximum atomic E-state index is 14.3. The molecule has 0 spiro atoms. The number of nitro groups is 1. The van der Waals surface area contributed by atoms with E-state index in [4.69, 9.17) is 5.73 Å². The average Bonchev–Trinajstić information content (AvgIpc) is 3.28. The van der Waals surface area contributed by atoms with Crippen molar-refractivity contribution in [2.75, 3.05) is 0 Å². The van der Waals surface area contributed by atoms with Gasteiger partial charge >= 0.3 is 0 Å². The highest BCUT2D eigenvalue weighted by Crippen LogP contribution is 2.53. The quantitative estimate of drug-likeness (QED) is 0.116. The van der Waals surface area contributed by atoms with E-state index in [0.29, 0.717) is 0 Å². The highest BCUT2D eigenvalue weighted by Gasteiger charge is 2.59. The number of imide groups is 1. The molecule has 3 atom stereocenters. The lowest BCUT2D eigenvalue weighted by molar-refractivity contribution is -0.384. The van der Waals surface area contributed by atoms with Crippen LogP contribution in [0.5, 0.6) is 5.75 Å². The van der Waals surface area contributed by atoms with Gasteiger partial charge in [-0.05, 0) is 53.6 Å². The van der Waals surface area contributed by atoms with Crippen molar-refractivity contribution in [1.82, 2.24) is 4.90 Å². The minimum atomic E-state index is -2.77. The van der Waals surface area contributed by atoms with E-state index in [0.717, 1.165) is 4.90 Å². The van der Waals surface area contributed by atoms with Crippen LogP contribution in [0.1, 0.15) is 55.0 Å². The molecule has 1 aliphatic heterocycles. The normalized spacial score (nSPS) is 23.1. The fourth-order valence-corrected chi connectivity index (χ4v) is 7.46. The number of phenolic OH excluding ortho intramolecular Hbond substituents is 1. The summed E-state index contributed by atoms with van der Waals surface area (Å²) in [6.45, 7) is -0.494. The third kappa shape index (κ3) is 4.12. The molecule has 3 aliphatic carbocycles. The number of rotatable bonds is 5. The zero-order valence-corrected chi connectivity index (χ0v) is 24.8. The Kier molecular flexibility index (Phi) is 6.63. The van der Waals surface area contributed by atoms with Gasteiger partial charge in [0.2, 0.25) is 5.78 Å². The van der Waals surface area contributed by atoms with E-state index in [2.05, 4.69) is 0 Å². The van der Waals surface area contributed by atoms with Crippen LogP contribution in [0.2, 0.25) is 0 Å². The maximum absolute atomic E-state index is 14.3. The number of carbonyl (C=O) groups excluding carboxylic acids is 5. The van der Waals surface area contributed by atoms with E-state index in [1.54, 1.807) is 18.2 Å². The number of hydrogen-bond donors (Lipinski definition) is 5. The third-order valence-corrected chi connectivity index (χ3v) is 9.72. The van der Waals surface area contributed by atoms with E-state index < -0.39 is 93.0 Å². The van der Waals surface area contributed by atoms with Gasteiger partial charge in [-0.2, -0.15) is 0 Å². The van der Waals surface area contributed by atoms with Gasteiger partial charge in [-0.25, -0.2) is 0 Å². The first-order chi connectivity index (χ1) is 22.7. The van der Waals surface area contributed by atoms with Crippen LogP contribution < -0.4 is 5.73 Å². The number of nitrogens with zero attached hydrogens (tertiary/aromatic N) is 2. The Morgan fingerprint density at radius 2 is 1.62 bits per heavy atom. The molecule has 6 N–H and O–H groups in total. The predicted octanol–water partition coefficient (Wildman–Crippen LogP) is 2.95. The molecular formula is C34H25N3O11. The molecule has 3 amide bonds. The van der Waals surface area contributed by atoms with Crippen molar-refractivity contribution >= 4 is 35.0 Å². The van der Waals surface area contributed by atoms with E-state index in [1.165, 1.54) is 36.4 Å². The molecule has 0 radical (unpaired) electrons. The Hall–Kier alpha value is -6.15. The van der Waals surface area contributed by atoms with Crippen molar-refractivity contribution in [3.8, 4) is 16.9 Å². The molecule has 14 nitrogen and oxygen atoms in total. The summed E-state index contributed by atoms with van der Waals surface area (Å²) in [4.78, 5) is 78.0. The van der Waals surface area contributed by atoms with Crippen LogP contribution in [0.4, 0.5) is 5.69 Å². The highest BCUT2D eigenvalue weighted by molar-refractivity contribution is 6.25. The van der Waals surface area contributed by atoms with Gasteiger partial charge in [-0.1, -0.05) is 24.3 Å². The van der Waals surface area contributed by atoms with Gasteiger partial charge in [0.05, 0.1) is 28.2 Å². The Labute approximate surface area is 270 Å². The van der Waals surface area contributed by atoms with Gasteiger partial charge in [0.25, 0.3) is 23.4 Å². The second-order valence-corrected chi connectivity index (χ2v) is 12.2. The standard InChI is InChI=1S/C34H25N3O11/c35-31(43)26-23(38)12-17-8-15-10-22-21(14-4-3-5-18(9-14)37(47)48)11-16(13-36-32(44)19-6-1-2-7-20(19)33(36)45)27(39)25(22)28(40)24(15)29(41)34(17,46)30(26)42/h1-7,9,11,15,17,38-39,41,46H,8,10,12-13H2,(H2,35,43)/t15-,17+,34+/m1/s1. The van der Waals surface area contributed by atoms with Crippen LogP contribution in [0, 0.1) is 22.0 Å². The zero-order chi connectivity index (χ0) is 34.4. The monoisotopic (exact) mass is 651 g/mol. The lowest BCUT2D eigenvalue weighted by Crippen LogP contribution is -2.57. The van der Waals surface area contributed by atoms with Crippen LogP contribution in [0.15, 0.2) is 77.3 Å². The topological polar surface area (TPSA) is 239 Å². The van der Waals surface area contributed by atoms with Gasteiger partial charge in [-0.15, -0.1) is 0 Å². The number of hydrogen-bond acceptors (Lipinski definition) is 11. The number of allylic oxidation sites excluding steroid dienone is 2. The Balaban J connectivity index is 1.41. The van der Waals surface area contributed by atoms with Crippen LogP contribution >= 0.6 is 0 Å². The van der Waals surface area contributed by atoms with Crippen molar-refractivity contribution in [1.29, 1.82) is 0 Å². The number of carbonyl (C=O) groups is 5. The van der Waals surface area contributed by atoms with Crippen molar-refractivity contribution in [2.45, 2.75) is 31.4 Å². The predicted molar refractivity (Wildman–Crippen MR) is 164 cm³/mol. The molecule has 0 saturated heterocycles. The molecule has 242 valence electrons. The third-order valence-electron chi connectivity index (χ3n) is 9.72. The fourth-order valence-electron chi connectivity index (χ4n) is 7.46. The Morgan fingerprint density at radius 3 is 2.25 bits per heavy atom. The first kappa shape index (κ1) is 30.5. The number of primary amides is 1. The van der Waals surface area contributed by atoms with Crippen molar-refractivity contribution in [3.05, 3.63) is 115 Å². The number of aliphatic hydroxyl groups excluding tert-OH is 2. The Bertz CT molecular complexity index is 2110. The molecule has 0 fully saturated rings. The van der Waals surface area contributed by atoms with Crippen LogP contribution in [-0.2, 0) is 22.6 Å². The molecule has 0 unspecified atom stereocenters. The first-order valence-electron chi connectivity index (χ1n) is 14.8. The molecule has 3 aromatic carbocycles. The summed E-state index contributed by atoms with van der Waals surface area (Å²) in [7, 11) is 0. The molecular weight excluding hydrogens is 626 g/mol. The minimum absolute atomic E-state index is 0.0622. The Morgan fingerprint density at radius 1 is 0.958 bits per heavy atom. The molecule has 48 heavy (non-hydrogen) atoms. The summed E-state index contributed by atoms with van der Waals surface area (Å²) in [5, 5.41) is 56.7. The second kappa shape index (κ2) is 10.4. The number of fused-ring (bicyclic) bond motifs is 4. The number of amides is 3. The largest absolute Gasteiger partial charge is 0.511 e. The highest BCUT2D eigenvalue weighted by atomic mass is 16.6. The summed E-state index contributed by atoms with van der Waals surface area (Å²) in [6.07, 6.45) is -0.584. The molecule has 0 bridgehead atoms. The lowest BCUT2D eigenvalue weighted by atomic mass is 9.60. The summed E-state index contributed by atoms with van der Waals surface area (Å²) in [5.41, 5.74) is 1.56. The SMILES string of the molecule is NC(=O)C1=C(O)C[C@@H]2C[C@@H]3Cc4c(-c5cccc([N+](=O)[O-])c5)cc(CN5C(=O)c6ccccc6C5=O)c(O)c4C(=O)C3=C(O)[C@]2(O)C1=O. The van der Waals surface area contributed by atoms with Crippen molar-refractivity contribution < 1.29 is 49.3 Å². The minimum Gasteiger partial charge on any atom is -0.511 e. The van der Waals surface area contributed by atoms with E-state index >= 15 is 0 Å². The van der Waals surface area contributed by atoms with Crippen molar-refractivity contribution in [3.63, 3.8) is 0 Å². The summed E-state index contributed by atoms with van der Waals surface area (Å²) in [6, 6.07) is 13.1. The number of aromatic hydroxyl groups is 1. The van der Waals surface area contributed by atoms with Crippen molar-refractivity contribution in [2.24, 2.45) is 17.6 Å². The molecule has 1 heterocycles. The molecule has 7 rings (SSSR count). The summed E-state index contributed by atoms with van der Waals surface area (Å²) in [5.74, 6) is -9.32. The molecule has 0 saturated carbocycles. The summed E-state index contributed by atoms with van der Waals surface area (Å²) >= 11 is 0. The van der Waals surface area contributed by atoms with E-state index in [9.17, 15) is 54.5 Å². The average molecular weight is 652 g/mol. The van der Waals surface area contributed by atoms with Crippen LogP contribution in [0.3, 0.4) is 0 Å². The number of phenols is 1. The summed E-state index contributed by atoms with van der Waals surface area (Å²) < 4.78 is 0. The number of nitro benzene ring substituents is 1. The number of aliphatic hydroxyl groups is 3. The van der Waals surface area contributed by atoms with Crippen LogP contribution in [0.25, 0.3) is 11.1 Å². The number of nitrogens with two attached hydrogens (primary N) is 1. The molecule has 4 aliphatic rings. The molecule has 0 aromatic heterocycles. The van der Waals surface area contributed by atoms with Gasteiger partial charge in [0.1, 0.15) is 22.8 Å². The smallest absolute Gasteiger partial charge is 0.270 e. The lowest BCUT2D eigenvalue weighted by Gasteiger charge is -2.45. The number of benzene rings is 3. The van der Waals surface area contributed by atoms with Gasteiger partial charge in [0, 0.05) is 35.6 Å². The zero-order valence-electron chi connectivity index (χ0n) is 24.8. The number of Topliss-reactive ketones (excluding diaryl/α,β-unsaturated/α-hetero) is 2. The number of non-ortho nitro benzene ring substituents is 1. The van der Waals surface area contributed by atoms with Gasteiger partial charge in [-0.3, -0.25) is 39.0 Å². The molecule has 3 aromatic rings. The van der Waals surface area contributed by atoms with E-state index in [-0.39, 0.29) is 57.5 Å². The second-order valence-electron chi connectivity index (χ2n) is 12.2. The van der Waals surface area contributed by atoms with Crippen LogP contribution in [-0.4, -0.2) is 65.1 Å². The van der Waals surface area contributed by atoms with E-state index in [1.807, 2.05) is 0 Å². The van der Waals surface area contributed by atoms with Gasteiger partial charge < -0.3 is 26.2 Å². The fraction of sp³-hybridized carbons (Fsp3) is 0.206. The first-order valence-corrected chi connectivity index (χ1v) is 14.8. The number of ketones is 2. The molecule has 14 heteroatoms. The van der Waals surface area contributed by atoms with Gasteiger partial charge in [0.15, 0.2) is 11.4 Å².